The van der Waals surface area contributed by atoms with Crippen LogP contribution in [0.2, 0.25) is 0 Å². The average Bonchev–Trinajstić information content (AvgIpc) is 2.53. The van der Waals surface area contributed by atoms with E-state index in [1.54, 1.807) is 4.90 Å². The second-order valence-electron chi connectivity index (χ2n) is 5.41. The van der Waals surface area contributed by atoms with Gasteiger partial charge in [-0.3, -0.25) is 24.6 Å². The molecule has 1 aliphatic rings. The smallest absolute Gasteiger partial charge is 0.249 e. The van der Waals surface area contributed by atoms with E-state index in [1.807, 2.05) is 45.9 Å². The van der Waals surface area contributed by atoms with Gasteiger partial charge in [0.2, 0.25) is 17.7 Å². The quantitative estimate of drug-likeness (QED) is 0.788. The predicted molar refractivity (Wildman–Crippen MR) is 98.8 cm³/mol. The number of hydrogen-bond donors (Lipinski definition) is 1. The van der Waals surface area contributed by atoms with E-state index < -0.39 is 11.9 Å². The van der Waals surface area contributed by atoms with Gasteiger partial charge in [-0.15, -0.1) is 0 Å². The summed E-state index contributed by atoms with van der Waals surface area (Å²) in [5, 5.41) is 2.33. The molecule has 0 spiro atoms. The van der Waals surface area contributed by atoms with Crippen LogP contribution in [0.25, 0.3) is 0 Å². The molecule has 0 radical (unpaired) electrons. The van der Waals surface area contributed by atoms with E-state index in [2.05, 4.69) is 21.2 Å². The molecule has 1 N–H and O–H groups in total. The van der Waals surface area contributed by atoms with Crippen molar-refractivity contribution in [3.8, 4) is 0 Å². The fourth-order valence-corrected chi connectivity index (χ4v) is 3.10. The summed E-state index contributed by atoms with van der Waals surface area (Å²) in [4.78, 5) is 37.6. The third kappa shape index (κ3) is 4.90. The van der Waals surface area contributed by atoms with Crippen LogP contribution < -0.4 is 10.2 Å². The summed E-state index contributed by atoms with van der Waals surface area (Å²) in [5.74, 6) is -0.776. The summed E-state index contributed by atoms with van der Waals surface area (Å²) in [6.45, 7) is 7.83. The standard InChI is InChI=1S/C16H19BrN2O3.C2H6/c1-3-4-15(21)19(12-6-5-11(17)9-10(12)2)13-7-8-14(20)18-16(13)22;1-2/h5-6,9,13H,3-4,7-8H2,1-2H3,(H,18,20,22);1-2H3. The molecule has 1 fully saturated rings. The molecule has 1 aliphatic heterocycles. The van der Waals surface area contributed by atoms with Crippen LogP contribution in [0.3, 0.4) is 0 Å². The molecule has 5 nitrogen and oxygen atoms in total. The Morgan fingerprint density at radius 1 is 1.33 bits per heavy atom. The number of piperidine rings is 1. The maximum Gasteiger partial charge on any atom is 0.249 e. The highest BCUT2D eigenvalue weighted by Crippen LogP contribution is 2.28. The summed E-state index contributed by atoms with van der Waals surface area (Å²) in [6.07, 6.45) is 1.68. The van der Waals surface area contributed by atoms with Crippen molar-refractivity contribution in [2.75, 3.05) is 4.90 Å². The molecule has 1 atom stereocenters. The number of amides is 3. The molecule has 0 aliphatic carbocycles. The highest BCUT2D eigenvalue weighted by molar-refractivity contribution is 9.10. The maximum absolute atomic E-state index is 12.6. The van der Waals surface area contributed by atoms with Gasteiger partial charge in [0.1, 0.15) is 6.04 Å². The molecule has 132 valence electrons. The molecule has 2 rings (SSSR count). The molecule has 0 bridgehead atoms. The number of hydrogen-bond acceptors (Lipinski definition) is 3. The highest BCUT2D eigenvalue weighted by atomic mass is 79.9. The number of benzene rings is 1. The molecule has 1 aromatic carbocycles. The monoisotopic (exact) mass is 396 g/mol. The van der Waals surface area contributed by atoms with Gasteiger partial charge in [-0.25, -0.2) is 0 Å². The van der Waals surface area contributed by atoms with Gasteiger partial charge in [0.25, 0.3) is 0 Å². The number of nitrogens with zero attached hydrogens (tertiary/aromatic N) is 1. The van der Waals surface area contributed by atoms with E-state index >= 15 is 0 Å². The lowest BCUT2D eigenvalue weighted by molar-refractivity contribution is -0.135. The van der Waals surface area contributed by atoms with Gasteiger partial charge in [-0.2, -0.15) is 0 Å². The first-order valence-corrected chi connectivity index (χ1v) is 9.15. The molecular formula is C18H25BrN2O3. The van der Waals surface area contributed by atoms with Crippen molar-refractivity contribution in [1.82, 2.24) is 5.32 Å². The molecule has 1 aromatic rings. The van der Waals surface area contributed by atoms with Crippen molar-refractivity contribution in [3.05, 3.63) is 28.2 Å². The fraction of sp³-hybridized carbons (Fsp3) is 0.500. The van der Waals surface area contributed by atoms with E-state index in [9.17, 15) is 14.4 Å². The molecular weight excluding hydrogens is 372 g/mol. The first-order valence-electron chi connectivity index (χ1n) is 8.36. The molecule has 1 heterocycles. The van der Waals surface area contributed by atoms with E-state index in [4.69, 9.17) is 0 Å². The number of halogens is 1. The Kier molecular flexibility index (Phi) is 8.11. The van der Waals surface area contributed by atoms with Crippen LogP contribution in [0.1, 0.15) is 52.0 Å². The lowest BCUT2D eigenvalue weighted by Crippen LogP contribution is -2.54. The first-order chi connectivity index (χ1) is 11.4. The van der Waals surface area contributed by atoms with Crippen molar-refractivity contribution >= 4 is 39.3 Å². The Bertz CT molecular complexity index is 616. The number of carbonyl (C=O) groups excluding carboxylic acids is 3. The van der Waals surface area contributed by atoms with Crippen LogP contribution in [0.4, 0.5) is 5.69 Å². The summed E-state index contributed by atoms with van der Waals surface area (Å²) in [5.41, 5.74) is 1.62. The number of aryl methyl sites for hydroxylation is 1. The average molecular weight is 397 g/mol. The minimum Gasteiger partial charge on any atom is -0.300 e. The molecule has 3 amide bonds. The first kappa shape index (κ1) is 20.4. The normalized spacial score (nSPS) is 16.8. The maximum atomic E-state index is 12.6. The summed E-state index contributed by atoms with van der Waals surface area (Å²) >= 11 is 3.40. The fourth-order valence-electron chi connectivity index (χ4n) is 2.63. The van der Waals surface area contributed by atoms with Gasteiger partial charge >= 0.3 is 0 Å². The van der Waals surface area contributed by atoms with Gasteiger partial charge in [-0.1, -0.05) is 36.7 Å². The van der Waals surface area contributed by atoms with Crippen molar-refractivity contribution in [2.45, 2.75) is 59.4 Å². The van der Waals surface area contributed by atoms with E-state index in [0.29, 0.717) is 19.3 Å². The van der Waals surface area contributed by atoms with Crippen molar-refractivity contribution in [1.29, 1.82) is 0 Å². The largest absolute Gasteiger partial charge is 0.300 e. The van der Waals surface area contributed by atoms with Gasteiger partial charge in [0, 0.05) is 23.0 Å². The third-order valence-electron chi connectivity index (χ3n) is 3.67. The molecule has 1 saturated heterocycles. The second-order valence-corrected chi connectivity index (χ2v) is 6.33. The predicted octanol–water partition coefficient (Wildman–Crippen LogP) is 3.72. The van der Waals surface area contributed by atoms with Gasteiger partial charge in [-0.05, 0) is 43.5 Å². The van der Waals surface area contributed by atoms with Gasteiger partial charge < -0.3 is 0 Å². The van der Waals surface area contributed by atoms with Crippen molar-refractivity contribution in [3.63, 3.8) is 0 Å². The summed E-state index contributed by atoms with van der Waals surface area (Å²) < 4.78 is 0.917. The number of anilines is 1. The SMILES string of the molecule is CC.CCCC(=O)N(c1ccc(Br)cc1C)C1CCC(=O)NC1=O. The second kappa shape index (κ2) is 9.57. The van der Waals surface area contributed by atoms with Crippen LogP contribution in [-0.2, 0) is 14.4 Å². The molecule has 0 saturated carbocycles. The van der Waals surface area contributed by atoms with Crippen LogP contribution >= 0.6 is 15.9 Å². The Balaban J connectivity index is 0.00000139. The lowest BCUT2D eigenvalue weighted by Gasteiger charge is -2.34. The van der Waals surface area contributed by atoms with E-state index in [-0.39, 0.29) is 18.2 Å². The van der Waals surface area contributed by atoms with E-state index in [1.165, 1.54) is 0 Å². The zero-order chi connectivity index (χ0) is 18.3. The molecule has 1 unspecified atom stereocenters. The zero-order valence-corrected chi connectivity index (χ0v) is 16.3. The topological polar surface area (TPSA) is 66.5 Å². The summed E-state index contributed by atoms with van der Waals surface area (Å²) in [7, 11) is 0. The number of carbonyl (C=O) groups is 3. The van der Waals surface area contributed by atoms with Crippen LogP contribution in [0.5, 0.6) is 0 Å². The van der Waals surface area contributed by atoms with Crippen LogP contribution in [0.15, 0.2) is 22.7 Å². The summed E-state index contributed by atoms with van der Waals surface area (Å²) in [6, 6.07) is 4.96. The van der Waals surface area contributed by atoms with E-state index in [0.717, 1.165) is 15.7 Å². The minimum atomic E-state index is -0.628. The third-order valence-corrected chi connectivity index (χ3v) is 4.17. The number of imide groups is 1. The zero-order valence-electron chi connectivity index (χ0n) is 14.7. The molecule has 0 aromatic heterocycles. The molecule has 6 heteroatoms. The van der Waals surface area contributed by atoms with Crippen molar-refractivity contribution < 1.29 is 14.4 Å². The number of rotatable bonds is 4. The molecule has 24 heavy (non-hydrogen) atoms. The Morgan fingerprint density at radius 2 is 2.00 bits per heavy atom. The van der Waals surface area contributed by atoms with Gasteiger partial charge in [0.15, 0.2) is 0 Å². The van der Waals surface area contributed by atoms with Gasteiger partial charge in [0.05, 0.1) is 0 Å². The number of nitrogens with one attached hydrogen (secondary N) is 1. The Labute approximate surface area is 151 Å². The minimum absolute atomic E-state index is 0.0950. The van der Waals surface area contributed by atoms with Crippen molar-refractivity contribution in [2.24, 2.45) is 0 Å². The van der Waals surface area contributed by atoms with Crippen LogP contribution in [-0.4, -0.2) is 23.8 Å². The highest BCUT2D eigenvalue weighted by Gasteiger charge is 2.35. The Hall–Kier alpha value is -1.69. The lowest BCUT2D eigenvalue weighted by atomic mass is 10.0. The van der Waals surface area contributed by atoms with Crippen LogP contribution in [0, 0.1) is 6.92 Å². The Morgan fingerprint density at radius 3 is 2.54 bits per heavy atom.